The van der Waals surface area contributed by atoms with Gasteiger partial charge in [-0.25, -0.2) is 0 Å². The summed E-state index contributed by atoms with van der Waals surface area (Å²) in [4.78, 5) is 25.2. The van der Waals surface area contributed by atoms with E-state index in [0.29, 0.717) is 18.8 Å². The molecule has 0 N–H and O–H groups in total. The molecule has 0 atom stereocenters. The Labute approximate surface area is 141 Å². The number of benzene rings is 1. The molecule has 0 amide bonds. The van der Waals surface area contributed by atoms with E-state index in [-0.39, 0.29) is 16.8 Å². The molecule has 0 spiro atoms. The van der Waals surface area contributed by atoms with Gasteiger partial charge in [0.25, 0.3) is 11.4 Å². The van der Waals surface area contributed by atoms with Gasteiger partial charge >= 0.3 is 0 Å². The minimum absolute atomic E-state index is 0.202. The number of piperazine rings is 1. The average Bonchev–Trinajstić information content (AvgIpc) is 2.52. The topological polar surface area (TPSA) is 92.8 Å². The van der Waals surface area contributed by atoms with Crippen LogP contribution in [0.15, 0.2) is 18.2 Å². The molecule has 0 radical (unpaired) electrons. The van der Waals surface area contributed by atoms with Gasteiger partial charge in [-0.2, -0.15) is 0 Å². The Morgan fingerprint density at radius 2 is 1.67 bits per heavy atom. The van der Waals surface area contributed by atoms with Crippen LogP contribution in [-0.4, -0.2) is 47.5 Å². The first kappa shape index (κ1) is 18.1. The standard InChI is InChI=1S/C16H24N4O4/c1-16(2,3)6-7-17-8-10-18(11-9-17)14-5-4-13(19(21)22)12-15(14)20(23)24/h4-5,12H,6-11H2,1-3H3. The van der Waals surface area contributed by atoms with Crippen LogP contribution in [0.3, 0.4) is 0 Å². The normalized spacial score (nSPS) is 16.2. The molecule has 0 saturated carbocycles. The summed E-state index contributed by atoms with van der Waals surface area (Å²) >= 11 is 0. The van der Waals surface area contributed by atoms with Crippen LogP contribution < -0.4 is 4.90 Å². The van der Waals surface area contributed by atoms with E-state index in [1.54, 1.807) is 0 Å². The Kier molecular flexibility index (Phi) is 5.38. The van der Waals surface area contributed by atoms with Crippen molar-refractivity contribution in [3.63, 3.8) is 0 Å². The highest BCUT2D eigenvalue weighted by Gasteiger charge is 2.26. The zero-order valence-corrected chi connectivity index (χ0v) is 14.4. The molecular weight excluding hydrogens is 312 g/mol. The number of non-ortho nitro benzene ring substituents is 1. The molecule has 132 valence electrons. The van der Waals surface area contributed by atoms with Gasteiger partial charge in [-0.05, 0) is 24.4 Å². The number of nitro groups is 2. The summed E-state index contributed by atoms with van der Waals surface area (Å²) in [7, 11) is 0. The van der Waals surface area contributed by atoms with E-state index in [1.807, 2.05) is 4.90 Å². The first-order valence-corrected chi connectivity index (χ1v) is 8.07. The van der Waals surface area contributed by atoms with Crippen molar-refractivity contribution < 1.29 is 9.85 Å². The second kappa shape index (κ2) is 7.12. The highest BCUT2D eigenvalue weighted by molar-refractivity contribution is 5.67. The number of rotatable bonds is 5. The lowest BCUT2D eigenvalue weighted by atomic mass is 9.92. The second-order valence-electron chi connectivity index (χ2n) is 7.33. The van der Waals surface area contributed by atoms with Gasteiger partial charge in [0, 0.05) is 32.2 Å². The van der Waals surface area contributed by atoms with Gasteiger partial charge in [0.2, 0.25) is 0 Å². The minimum atomic E-state index is -0.610. The molecule has 1 aromatic carbocycles. The first-order valence-electron chi connectivity index (χ1n) is 8.07. The Morgan fingerprint density at radius 3 is 2.17 bits per heavy atom. The van der Waals surface area contributed by atoms with Crippen molar-refractivity contribution in [1.29, 1.82) is 0 Å². The van der Waals surface area contributed by atoms with Crippen molar-refractivity contribution in [2.45, 2.75) is 27.2 Å². The summed E-state index contributed by atoms with van der Waals surface area (Å²) in [6.45, 7) is 10.7. The molecule has 0 bridgehead atoms. The molecule has 1 fully saturated rings. The lowest BCUT2D eigenvalue weighted by Gasteiger charge is -2.36. The molecule has 8 heteroatoms. The predicted octanol–water partition coefficient (Wildman–Crippen LogP) is 3.06. The SMILES string of the molecule is CC(C)(C)CCN1CCN(c2ccc([N+](=O)[O-])cc2[N+](=O)[O-])CC1. The fourth-order valence-corrected chi connectivity index (χ4v) is 2.74. The number of hydrogen-bond acceptors (Lipinski definition) is 6. The summed E-state index contributed by atoms with van der Waals surface area (Å²) in [5, 5.41) is 22.1. The van der Waals surface area contributed by atoms with Crippen LogP contribution in [0.25, 0.3) is 0 Å². The molecular formula is C16H24N4O4. The van der Waals surface area contributed by atoms with Crippen molar-refractivity contribution >= 4 is 17.1 Å². The van der Waals surface area contributed by atoms with E-state index in [9.17, 15) is 20.2 Å². The van der Waals surface area contributed by atoms with Crippen LogP contribution in [0, 0.1) is 25.6 Å². The third kappa shape index (κ3) is 4.64. The molecule has 2 rings (SSSR count). The summed E-state index contributed by atoms with van der Waals surface area (Å²) in [5.74, 6) is 0. The van der Waals surface area contributed by atoms with Gasteiger partial charge in [-0.15, -0.1) is 0 Å². The highest BCUT2D eigenvalue weighted by Crippen LogP contribution is 2.32. The fraction of sp³-hybridized carbons (Fsp3) is 0.625. The summed E-state index contributed by atoms with van der Waals surface area (Å²) in [6, 6.07) is 3.86. The van der Waals surface area contributed by atoms with Gasteiger partial charge < -0.3 is 4.90 Å². The zero-order valence-electron chi connectivity index (χ0n) is 14.4. The van der Waals surface area contributed by atoms with E-state index in [2.05, 4.69) is 25.7 Å². The molecule has 0 unspecified atom stereocenters. The first-order chi connectivity index (χ1) is 11.2. The smallest absolute Gasteiger partial charge is 0.299 e. The minimum Gasteiger partial charge on any atom is -0.363 e. The third-order valence-corrected chi connectivity index (χ3v) is 4.26. The number of nitrogens with zero attached hydrogens (tertiary/aromatic N) is 4. The zero-order chi connectivity index (χ0) is 17.9. The van der Waals surface area contributed by atoms with Crippen LogP contribution >= 0.6 is 0 Å². The summed E-state index contributed by atoms with van der Waals surface area (Å²) in [6.07, 6.45) is 1.10. The monoisotopic (exact) mass is 336 g/mol. The molecule has 1 aliphatic heterocycles. The Morgan fingerprint density at radius 1 is 1.04 bits per heavy atom. The number of hydrogen-bond donors (Lipinski definition) is 0. The van der Waals surface area contributed by atoms with Crippen molar-refractivity contribution in [2.75, 3.05) is 37.6 Å². The van der Waals surface area contributed by atoms with Crippen LogP contribution in [0.4, 0.5) is 17.1 Å². The average molecular weight is 336 g/mol. The molecule has 24 heavy (non-hydrogen) atoms. The van der Waals surface area contributed by atoms with Crippen LogP contribution in [0.1, 0.15) is 27.2 Å². The van der Waals surface area contributed by atoms with Crippen molar-refractivity contribution in [1.82, 2.24) is 4.90 Å². The maximum atomic E-state index is 11.3. The number of anilines is 1. The van der Waals surface area contributed by atoms with E-state index in [4.69, 9.17) is 0 Å². The Balaban J connectivity index is 2.06. The van der Waals surface area contributed by atoms with Crippen LogP contribution in [0.2, 0.25) is 0 Å². The summed E-state index contributed by atoms with van der Waals surface area (Å²) in [5.41, 5.74) is 0.288. The molecule has 0 aromatic heterocycles. The molecule has 8 nitrogen and oxygen atoms in total. The Bertz CT molecular complexity index is 619. The van der Waals surface area contributed by atoms with E-state index in [0.717, 1.165) is 32.1 Å². The van der Waals surface area contributed by atoms with Gasteiger partial charge in [0.05, 0.1) is 15.9 Å². The largest absolute Gasteiger partial charge is 0.363 e. The van der Waals surface area contributed by atoms with Crippen molar-refractivity contribution in [3.8, 4) is 0 Å². The lowest BCUT2D eigenvalue weighted by molar-refractivity contribution is -0.393. The van der Waals surface area contributed by atoms with Gasteiger partial charge in [-0.3, -0.25) is 25.1 Å². The van der Waals surface area contributed by atoms with Gasteiger partial charge in [-0.1, -0.05) is 20.8 Å². The summed E-state index contributed by atoms with van der Waals surface area (Å²) < 4.78 is 0. The van der Waals surface area contributed by atoms with Crippen molar-refractivity contribution in [2.24, 2.45) is 5.41 Å². The van der Waals surface area contributed by atoms with E-state index in [1.165, 1.54) is 12.1 Å². The quantitative estimate of drug-likeness (QED) is 0.606. The fourth-order valence-electron chi connectivity index (χ4n) is 2.74. The van der Waals surface area contributed by atoms with E-state index >= 15 is 0 Å². The third-order valence-electron chi connectivity index (χ3n) is 4.26. The molecule has 1 saturated heterocycles. The van der Waals surface area contributed by atoms with Crippen LogP contribution in [-0.2, 0) is 0 Å². The predicted molar refractivity (Wildman–Crippen MR) is 92.5 cm³/mol. The molecule has 1 aliphatic rings. The van der Waals surface area contributed by atoms with E-state index < -0.39 is 9.85 Å². The van der Waals surface area contributed by atoms with Gasteiger partial charge in [0.15, 0.2) is 0 Å². The molecule has 1 heterocycles. The van der Waals surface area contributed by atoms with Gasteiger partial charge in [0.1, 0.15) is 5.69 Å². The van der Waals surface area contributed by atoms with Crippen LogP contribution in [0.5, 0.6) is 0 Å². The lowest BCUT2D eigenvalue weighted by Crippen LogP contribution is -2.47. The maximum Gasteiger partial charge on any atom is 0.299 e. The maximum absolute atomic E-state index is 11.3. The number of nitro benzene ring substituents is 2. The Hall–Kier alpha value is -2.22. The molecule has 1 aromatic rings. The highest BCUT2D eigenvalue weighted by atomic mass is 16.6. The molecule has 0 aliphatic carbocycles. The van der Waals surface area contributed by atoms with Crippen molar-refractivity contribution in [3.05, 3.63) is 38.4 Å². The second-order valence-corrected chi connectivity index (χ2v) is 7.33.